The number of hydrogen-bond acceptors (Lipinski definition) is 4. The van der Waals surface area contributed by atoms with Gasteiger partial charge < -0.3 is 14.8 Å². The summed E-state index contributed by atoms with van der Waals surface area (Å²) in [7, 11) is 1.68. The molecule has 0 unspecified atom stereocenters. The summed E-state index contributed by atoms with van der Waals surface area (Å²) in [5.41, 5.74) is 0.525. The van der Waals surface area contributed by atoms with Crippen LogP contribution in [0.25, 0.3) is 0 Å². The Labute approximate surface area is 117 Å². The lowest BCUT2D eigenvalue weighted by Gasteiger charge is -2.21. The first-order valence-corrected chi connectivity index (χ1v) is 6.23. The molecule has 0 bridgehead atoms. The molecular weight excluding hydrogens is 263 g/mol. The number of hydrogen-bond donors (Lipinski definition) is 1. The summed E-state index contributed by atoms with van der Waals surface area (Å²) in [5.74, 6) is -0.359. The largest absolute Gasteiger partial charge is 0.483 e. The van der Waals surface area contributed by atoms with Crippen molar-refractivity contribution in [1.29, 1.82) is 0 Å². The third-order valence-electron chi connectivity index (χ3n) is 3.00. The SMILES string of the molecule is C/C(=N\O)c1cc(F)ccc1OCC(=O)N(C)C(C)C. The monoisotopic (exact) mass is 282 g/mol. The summed E-state index contributed by atoms with van der Waals surface area (Å²) in [5, 5.41) is 11.8. The molecule has 1 aromatic rings. The average molecular weight is 282 g/mol. The van der Waals surface area contributed by atoms with Gasteiger partial charge in [0.1, 0.15) is 11.6 Å². The van der Waals surface area contributed by atoms with Crippen LogP contribution in [0.5, 0.6) is 5.75 Å². The number of rotatable bonds is 5. The maximum Gasteiger partial charge on any atom is 0.260 e. The molecule has 1 amide bonds. The molecule has 20 heavy (non-hydrogen) atoms. The van der Waals surface area contributed by atoms with Crippen molar-refractivity contribution in [1.82, 2.24) is 4.90 Å². The fourth-order valence-electron chi connectivity index (χ4n) is 1.49. The normalized spacial score (nSPS) is 11.6. The predicted molar refractivity (Wildman–Crippen MR) is 73.8 cm³/mol. The first kappa shape index (κ1) is 15.9. The number of oxime groups is 1. The van der Waals surface area contributed by atoms with Gasteiger partial charge in [-0.2, -0.15) is 0 Å². The van der Waals surface area contributed by atoms with E-state index in [1.54, 1.807) is 11.9 Å². The van der Waals surface area contributed by atoms with Crippen molar-refractivity contribution >= 4 is 11.6 Å². The lowest BCUT2D eigenvalue weighted by molar-refractivity contribution is -0.133. The molecule has 0 saturated heterocycles. The second-order valence-electron chi connectivity index (χ2n) is 4.71. The van der Waals surface area contributed by atoms with Crippen LogP contribution in [-0.2, 0) is 4.79 Å². The Morgan fingerprint density at radius 2 is 2.15 bits per heavy atom. The van der Waals surface area contributed by atoms with Gasteiger partial charge in [0.2, 0.25) is 0 Å². The number of benzene rings is 1. The summed E-state index contributed by atoms with van der Waals surface area (Å²) in [6, 6.07) is 3.89. The second kappa shape index (κ2) is 6.88. The lowest BCUT2D eigenvalue weighted by atomic mass is 10.1. The van der Waals surface area contributed by atoms with Gasteiger partial charge >= 0.3 is 0 Å². The molecule has 0 aliphatic carbocycles. The van der Waals surface area contributed by atoms with Crippen LogP contribution in [0.3, 0.4) is 0 Å². The van der Waals surface area contributed by atoms with Gasteiger partial charge in [-0.15, -0.1) is 0 Å². The molecule has 0 fully saturated rings. The Balaban J connectivity index is 2.86. The van der Waals surface area contributed by atoms with Gasteiger partial charge in [-0.05, 0) is 39.0 Å². The first-order chi connectivity index (χ1) is 9.36. The summed E-state index contributed by atoms with van der Waals surface area (Å²) in [6.45, 7) is 5.14. The average Bonchev–Trinajstić information content (AvgIpc) is 2.43. The quantitative estimate of drug-likeness (QED) is 0.512. The van der Waals surface area contributed by atoms with E-state index in [-0.39, 0.29) is 24.3 Å². The standard InChI is InChI=1S/C14H19FN2O3/c1-9(2)17(4)14(18)8-20-13-6-5-11(15)7-12(13)10(3)16-19/h5-7,9,19H,8H2,1-4H3/b16-10+. The zero-order valence-corrected chi connectivity index (χ0v) is 12.1. The summed E-state index contributed by atoms with van der Waals surface area (Å²) in [4.78, 5) is 13.4. The summed E-state index contributed by atoms with van der Waals surface area (Å²) < 4.78 is 18.6. The van der Waals surface area contributed by atoms with Gasteiger partial charge in [-0.25, -0.2) is 4.39 Å². The predicted octanol–water partition coefficient (Wildman–Crippen LogP) is 2.27. The number of halogens is 1. The Hall–Kier alpha value is -2.11. The van der Waals surface area contributed by atoms with E-state index in [1.165, 1.54) is 25.1 Å². The number of likely N-dealkylation sites (N-methyl/N-ethyl adjacent to an activating group) is 1. The van der Waals surface area contributed by atoms with E-state index in [1.807, 2.05) is 13.8 Å². The van der Waals surface area contributed by atoms with Crippen molar-refractivity contribution in [3.05, 3.63) is 29.6 Å². The molecular formula is C14H19FN2O3. The first-order valence-electron chi connectivity index (χ1n) is 6.23. The molecule has 0 aromatic heterocycles. The summed E-state index contributed by atoms with van der Waals surface area (Å²) in [6.07, 6.45) is 0. The number of carbonyl (C=O) groups excluding carboxylic acids is 1. The molecule has 1 rings (SSSR count). The fourth-order valence-corrected chi connectivity index (χ4v) is 1.49. The molecule has 1 N–H and O–H groups in total. The number of amides is 1. The van der Waals surface area contributed by atoms with Crippen molar-refractivity contribution in [3.8, 4) is 5.75 Å². The molecule has 110 valence electrons. The molecule has 0 aliphatic rings. The van der Waals surface area contributed by atoms with Crippen LogP contribution in [0.1, 0.15) is 26.3 Å². The lowest BCUT2D eigenvalue weighted by Crippen LogP contribution is -2.36. The highest BCUT2D eigenvalue weighted by atomic mass is 19.1. The van der Waals surface area contributed by atoms with E-state index in [0.717, 1.165) is 0 Å². The van der Waals surface area contributed by atoms with Gasteiger partial charge in [-0.3, -0.25) is 4.79 Å². The molecule has 0 heterocycles. The highest BCUT2D eigenvalue weighted by Crippen LogP contribution is 2.20. The maximum atomic E-state index is 13.2. The zero-order chi connectivity index (χ0) is 15.3. The Morgan fingerprint density at radius 1 is 1.50 bits per heavy atom. The van der Waals surface area contributed by atoms with E-state index in [9.17, 15) is 9.18 Å². The van der Waals surface area contributed by atoms with Crippen LogP contribution in [0.4, 0.5) is 4.39 Å². The van der Waals surface area contributed by atoms with Crippen LogP contribution in [0, 0.1) is 5.82 Å². The third kappa shape index (κ3) is 3.94. The van der Waals surface area contributed by atoms with Gasteiger partial charge in [0.25, 0.3) is 5.91 Å². The Kier molecular flexibility index (Phi) is 5.49. The highest BCUT2D eigenvalue weighted by molar-refractivity contribution is 6.00. The maximum absolute atomic E-state index is 13.2. The fraction of sp³-hybridized carbons (Fsp3) is 0.429. The molecule has 0 atom stereocenters. The second-order valence-corrected chi connectivity index (χ2v) is 4.71. The number of carbonyl (C=O) groups is 1. The van der Waals surface area contributed by atoms with E-state index in [4.69, 9.17) is 9.94 Å². The summed E-state index contributed by atoms with van der Waals surface area (Å²) >= 11 is 0. The van der Waals surface area contributed by atoms with Crippen molar-refractivity contribution in [2.45, 2.75) is 26.8 Å². The third-order valence-corrected chi connectivity index (χ3v) is 3.00. The zero-order valence-electron chi connectivity index (χ0n) is 12.1. The van der Waals surface area contributed by atoms with Crippen molar-refractivity contribution < 1.29 is 19.1 Å². The minimum Gasteiger partial charge on any atom is -0.483 e. The minimum absolute atomic E-state index is 0.0690. The smallest absolute Gasteiger partial charge is 0.260 e. The molecule has 5 nitrogen and oxygen atoms in total. The highest BCUT2D eigenvalue weighted by Gasteiger charge is 2.15. The molecule has 6 heteroatoms. The molecule has 0 spiro atoms. The molecule has 0 aliphatic heterocycles. The van der Waals surface area contributed by atoms with Crippen molar-refractivity contribution in [3.63, 3.8) is 0 Å². The minimum atomic E-state index is -0.471. The molecule has 0 saturated carbocycles. The van der Waals surface area contributed by atoms with Gasteiger partial charge in [0.05, 0.1) is 5.71 Å². The van der Waals surface area contributed by atoms with Crippen LogP contribution in [-0.4, -0.2) is 41.4 Å². The Morgan fingerprint density at radius 3 is 2.70 bits per heavy atom. The molecule has 1 aromatic carbocycles. The van der Waals surface area contributed by atoms with Gasteiger partial charge in [0, 0.05) is 18.7 Å². The van der Waals surface area contributed by atoms with Gasteiger partial charge in [-0.1, -0.05) is 5.16 Å². The van der Waals surface area contributed by atoms with Crippen LogP contribution < -0.4 is 4.74 Å². The number of ether oxygens (including phenoxy) is 1. The van der Waals surface area contributed by atoms with Crippen LogP contribution >= 0.6 is 0 Å². The van der Waals surface area contributed by atoms with Gasteiger partial charge in [0.15, 0.2) is 6.61 Å². The van der Waals surface area contributed by atoms with E-state index in [0.29, 0.717) is 11.3 Å². The van der Waals surface area contributed by atoms with Crippen molar-refractivity contribution in [2.75, 3.05) is 13.7 Å². The van der Waals surface area contributed by atoms with E-state index < -0.39 is 5.82 Å². The van der Waals surface area contributed by atoms with Crippen LogP contribution in [0.15, 0.2) is 23.4 Å². The Bertz CT molecular complexity index is 515. The van der Waals surface area contributed by atoms with E-state index >= 15 is 0 Å². The molecule has 0 radical (unpaired) electrons. The van der Waals surface area contributed by atoms with Crippen molar-refractivity contribution in [2.24, 2.45) is 5.16 Å². The topological polar surface area (TPSA) is 62.1 Å². The van der Waals surface area contributed by atoms with E-state index in [2.05, 4.69) is 5.16 Å². The van der Waals surface area contributed by atoms with Crippen LogP contribution in [0.2, 0.25) is 0 Å². The number of nitrogens with zero attached hydrogens (tertiary/aromatic N) is 2.